The normalized spacial score (nSPS) is 26.1. The van der Waals surface area contributed by atoms with Crippen LogP contribution in [0.25, 0.3) is 0 Å². The number of fused-ring (bicyclic) bond motifs is 1. The van der Waals surface area contributed by atoms with E-state index in [0.717, 1.165) is 30.5 Å². The lowest BCUT2D eigenvalue weighted by Gasteiger charge is -2.31. The van der Waals surface area contributed by atoms with Crippen molar-refractivity contribution in [3.05, 3.63) is 33.7 Å². The predicted octanol–water partition coefficient (Wildman–Crippen LogP) is 2.66. The third kappa shape index (κ3) is 2.28. The first-order chi connectivity index (χ1) is 9.58. The predicted molar refractivity (Wildman–Crippen MR) is 82.7 cm³/mol. The molecule has 20 heavy (non-hydrogen) atoms. The maximum atomic E-state index is 12.6. The van der Waals surface area contributed by atoms with E-state index in [9.17, 15) is 4.79 Å². The highest BCUT2D eigenvalue weighted by molar-refractivity contribution is 9.11. The van der Waals surface area contributed by atoms with Crippen molar-refractivity contribution in [3.8, 4) is 0 Å². The van der Waals surface area contributed by atoms with E-state index in [1.54, 1.807) is 0 Å². The van der Waals surface area contributed by atoms with Crippen LogP contribution in [-0.2, 0) is 4.79 Å². The Morgan fingerprint density at radius 1 is 1.30 bits per heavy atom. The summed E-state index contributed by atoms with van der Waals surface area (Å²) in [6, 6.07) is 0. The second-order valence-corrected chi connectivity index (χ2v) is 6.46. The molecular weight excluding hydrogens is 318 g/mol. The lowest BCUT2D eigenvalue weighted by Crippen LogP contribution is -2.42. The van der Waals surface area contributed by atoms with Crippen molar-refractivity contribution in [2.24, 2.45) is 0 Å². The van der Waals surface area contributed by atoms with Gasteiger partial charge in [0.2, 0.25) is 0 Å². The van der Waals surface area contributed by atoms with Gasteiger partial charge in [-0.15, -0.1) is 0 Å². The Hall–Kier alpha value is -1.23. The number of halogens is 1. The van der Waals surface area contributed by atoms with E-state index in [1.165, 1.54) is 17.6 Å². The number of hydrogen-bond donors (Lipinski definition) is 1. The number of carbonyl (C=O) groups is 1. The Morgan fingerprint density at radius 2 is 2.00 bits per heavy atom. The monoisotopic (exact) mass is 337 g/mol. The van der Waals surface area contributed by atoms with E-state index in [1.807, 2.05) is 11.1 Å². The zero-order chi connectivity index (χ0) is 14.3. The molecule has 0 aliphatic carbocycles. The van der Waals surface area contributed by atoms with Gasteiger partial charge in [0.25, 0.3) is 5.91 Å². The van der Waals surface area contributed by atoms with Gasteiger partial charge >= 0.3 is 0 Å². The second kappa shape index (κ2) is 5.28. The van der Waals surface area contributed by atoms with Gasteiger partial charge in [-0.2, -0.15) is 0 Å². The molecule has 4 nitrogen and oxygen atoms in total. The third-order valence-corrected chi connectivity index (χ3v) is 5.17. The first-order valence-corrected chi connectivity index (χ1v) is 7.98. The van der Waals surface area contributed by atoms with E-state index in [-0.39, 0.29) is 12.1 Å². The molecule has 0 spiro atoms. The van der Waals surface area contributed by atoms with Crippen molar-refractivity contribution in [2.45, 2.75) is 39.3 Å². The number of hydrogen-bond acceptors (Lipinski definition) is 3. The number of carbonyl (C=O) groups excluding carboxylic acids is 1. The number of likely N-dealkylation sites (tertiary alicyclic amines) is 1. The average Bonchev–Trinajstić information content (AvgIpc) is 2.91. The summed E-state index contributed by atoms with van der Waals surface area (Å²) in [6.07, 6.45) is 7.63. The van der Waals surface area contributed by atoms with E-state index >= 15 is 0 Å². The molecule has 5 heteroatoms. The minimum absolute atomic E-state index is 0.0665. The molecule has 1 saturated heterocycles. The van der Waals surface area contributed by atoms with E-state index in [4.69, 9.17) is 0 Å². The van der Waals surface area contributed by atoms with Crippen LogP contribution in [0, 0.1) is 0 Å². The van der Waals surface area contributed by atoms with Gasteiger partial charge in [0.15, 0.2) is 0 Å². The number of nitrogens with zero attached hydrogens (tertiary/aromatic N) is 2. The van der Waals surface area contributed by atoms with Crippen molar-refractivity contribution in [1.82, 2.24) is 15.1 Å². The van der Waals surface area contributed by atoms with Crippen molar-refractivity contribution >= 4 is 21.8 Å². The maximum absolute atomic E-state index is 12.6. The summed E-state index contributed by atoms with van der Waals surface area (Å²) in [5, 5.41) is 3.35. The number of piperidine rings is 1. The molecule has 0 bridgehead atoms. The molecule has 1 N–H and O–H groups in total. The van der Waals surface area contributed by atoms with Crippen LogP contribution in [0.5, 0.6) is 0 Å². The number of nitrogens with one attached hydrogen (secondary N) is 1. The molecule has 3 aliphatic rings. The lowest BCUT2D eigenvalue weighted by atomic mass is 10.1. The zero-order valence-corrected chi connectivity index (χ0v) is 13.5. The SMILES string of the molecule is CC1=CC(C)=C(Br)N2C=C(C(=O)N3CCCCC3)NC12. The van der Waals surface area contributed by atoms with Crippen LogP contribution in [0.1, 0.15) is 33.1 Å². The van der Waals surface area contributed by atoms with Crippen molar-refractivity contribution < 1.29 is 4.79 Å². The van der Waals surface area contributed by atoms with Gasteiger partial charge in [-0.25, -0.2) is 0 Å². The van der Waals surface area contributed by atoms with Gasteiger partial charge in [0.05, 0.1) is 4.61 Å². The smallest absolute Gasteiger partial charge is 0.271 e. The maximum Gasteiger partial charge on any atom is 0.271 e. The molecule has 1 amide bonds. The lowest BCUT2D eigenvalue weighted by molar-refractivity contribution is -0.128. The number of rotatable bonds is 1. The Morgan fingerprint density at radius 3 is 2.70 bits per heavy atom. The molecular formula is C15H20BrN3O. The number of amides is 1. The quantitative estimate of drug-likeness (QED) is 0.747. The van der Waals surface area contributed by atoms with Crippen LogP contribution >= 0.6 is 15.9 Å². The largest absolute Gasteiger partial charge is 0.356 e. The van der Waals surface area contributed by atoms with E-state index in [2.05, 4.69) is 46.1 Å². The van der Waals surface area contributed by atoms with Crippen molar-refractivity contribution in [3.63, 3.8) is 0 Å². The molecule has 108 valence electrons. The van der Waals surface area contributed by atoms with Crippen molar-refractivity contribution in [1.29, 1.82) is 0 Å². The van der Waals surface area contributed by atoms with Crippen LogP contribution in [0.2, 0.25) is 0 Å². The molecule has 0 saturated carbocycles. The molecule has 3 aliphatic heterocycles. The van der Waals surface area contributed by atoms with Crippen molar-refractivity contribution in [2.75, 3.05) is 13.1 Å². The van der Waals surface area contributed by atoms with Crippen LogP contribution in [0.3, 0.4) is 0 Å². The molecule has 1 unspecified atom stereocenters. The van der Waals surface area contributed by atoms with Gasteiger partial charge in [-0.1, -0.05) is 6.08 Å². The van der Waals surface area contributed by atoms with Gasteiger partial charge in [0.1, 0.15) is 11.9 Å². The minimum Gasteiger partial charge on any atom is -0.356 e. The summed E-state index contributed by atoms with van der Waals surface area (Å²) in [7, 11) is 0. The molecule has 1 fully saturated rings. The first-order valence-electron chi connectivity index (χ1n) is 7.18. The van der Waals surface area contributed by atoms with Gasteiger partial charge in [0, 0.05) is 19.3 Å². The standard InChI is InChI=1S/C15H20BrN3O/c1-10-8-11(2)14-17-12(9-19(14)13(10)16)15(20)18-6-4-3-5-7-18/h8-9,14,17H,3-7H2,1-2H3. The summed E-state index contributed by atoms with van der Waals surface area (Å²) in [4.78, 5) is 16.6. The fourth-order valence-electron chi connectivity index (χ4n) is 3.04. The highest BCUT2D eigenvalue weighted by Gasteiger charge is 2.34. The van der Waals surface area contributed by atoms with Crippen LogP contribution < -0.4 is 5.32 Å². The molecule has 0 radical (unpaired) electrons. The summed E-state index contributed by atoms with van der Waals surface area (Å²) < 4.78 is 1.03. The molecule has 3 rings (SSSR count). The van der Waals surface area contributed by atoms with Crippen LogP contribution in [0.4, 0.5) is 0 Å². The Balaban J connectivity index is 1.80. The summed E-state index contributed by atoms with van der Waals surface area (Å²) >= 11 is 3.61. The summed E-state index contributed by atoms with van der Waals surface area (Å²) in [6.45, 7) is 5.93. The average molecular weight is 338 g/mol. The Labute approximate surface area is 128 Å². The fraction of sp³-hybridized carbons (Fsp3) is 0.533. The second-order valence-electron chi connectivity index (χ2n) is 5.71. The van der Waals surface area contributed by atoms with Gasteiger partial charge in [-0.3, -0.25) is 4.79 Å². The summed E-state index contributed by atoms with van der Waals surface area (Å²) in [5.41, 5.74) is 3.11. The third-order valence-electron chi connectivity index (χ3n) is 4.14. The van der Waals surface area contributed by atoms with Gasteiger partial charge in [-0.05, 0) is 60.2 Å². The topological polar surface area (TPSA) is 35.6 Å². The van der Waals surface area contributed by atoms with E-state index in [0.29, 0.717) is 5.70 Å². The Kier molecular flexibility index (Phi) is 3.63. The molecule has 0 aromatic carbocycles. The van der Waals surface area contributed by atoms with Gasteiger partial charge < -0.3 is 15.1 Å². The fourth-order valence-corrected chi connectivity index (χ4v) is 3.46. The number of allylic oxidation sites excluding steroid dienone is 2. The zero-order valence-electron chi connectivity index (χ0n) is 11.9. The molecule has 0 aromatic rings. The summed E-state index contributed by atoms with van der Waals surface area (Å²) in [5.74, 6) is 0.129. The Bertz CT molecular complexity index is 529. The minimum atomic E-state index is 0.0665. The molecule has 3 heterocycles. The first kappa shape index (κ1) is 13.7. The van der Waals surface area contributed by atoms with E-state index < -0.39 is 0 Å². The van der Waals surface area contributed by atoms with Crippen LogP contribution in [-0.4, -0.2) is 35.0 Å². The highest BCUT2D eigenvalue weighted by atomic mass is 79.9. The molecule has 1 atom stereocenters. The van der Waals surface area contributed by atoms with Crippen LogP contribution in [0.15, 0.2) is 33.7 Å². The molecule has 0 aromatic heterocycles. The highest BCUT2D eigenvalue weighted by Crippen LogP contribution is 2.33.